The molecule has 1 unspecified atom stereocenters. The van der Waals surface area contributed by atoms with E-state index in [-0.39, 0.29) is 18.2 Å². The Labute approximate surface area is 189 Å². The molecule has 0 radical (unpaired) electrons. The van der Waals surface area contributed by atoms with Gasteiger partial charge in [-0.3, -0.25) is 0 Å². The van der Waals surface area contributed by atoms with E-state index in [2.05, 4.69) is 0 Å². The average Bonchev–Trinajstić information content (AvgIpc) is 2.79. The standard InChI is InChI=1S/C22H23NO8.ClH/c23-18-20(26)19(25)17(10-24)31-22(18)30-16-8-13-6-7-14(9-15(13)29-21(16)27)28-11-12-4-2-1-3-5-12;/h1-9,17-20,22,24-26H,10-11,23H2;1H/t17-,18-,19-,20-,22?;/m1./s1. The lowest BCUT2D eigenvalue weighted by Crippen LogP contribution is -2.63. The smallest absolute Gasteiger partial charge is 0.379 e. The van der Waals surface area contributed by atoms with Crippen LogP contribution >= 0.6 is 12.4 Å². The molecule has 1 aromatic heterocycles. The average molecular weight is 466 g/mol. The predicted molar refractivity (Wildman–Crippen MR) is 117 cm³/mol. The second kappa shape index (κ2) is 10.3. The molecule has 1 saturated heterocycles. The number of aliphatic hydroxyl groups is 3. The van der Waals surface area contributed by atoms with Crippen molar-refractivity contribution in [2.45, 2.75) is 37.3 Å². The first-order valence-corrected chi connectivity index (χ1v) is 9.75. The van der Waals surface area contributed by atoms with Crippen LogP contribution in [0.15, 0.2) is 63.8 Å². The third-order valence-corrected chi connectivity index (χ3v) is 5.10. The molecule has 5 N–H and O–H groups in total. The van der Waals surface area contributed by atoms with Crippen molar-refractivity contribution in [2.24, 2.45) is 5.73 Å². The summed E-state index contributed by atoms with van der Waals surface area (Å²) in [6.45, 7) is -0.183. The quantitative estimate of drug-likeness (QED) is 0.391. The summed E-state index contributed by atoms with van der Waals surface area (Å²) >= 11 is 0. The van der Waals surface area contributed by atoms with Crippen LogP contribution < -0.4 is 20.8 Å². The molecule has 4 rings (SSSR count). The topological polar surface area (TPSA) is 145 Å². The summed E-state index contributed by atoms with van der Waals surface area (Å²) in [6, 6.07) is 15.0. The second-order valence-electron chi connectivity index (χ2n) is 7.27. The zero-order valence-corrected chi connectivity index (χ0v) is 17.7. The normalized spacial score (nSPS) is 25.2. The van der Waals surface area contributed by atoms with Crippen molar-refractivity contribution < 1.29 is 33.9 Å². The molecule has 0 spiro atoms. The summed E-state index contributed by atoms with van der Waals surface area (Å²) in [5.41, 5.74) is 6.39. The molecular formula is C22H24ClNO8. The minimum atomic E-state index is -1.40. The molecule has 32 heavy (non-hydrogen) atoms. The second-order valence-corrected chi connectivity index (χ2v) is 7.27. The van der Waals surface area contributed by atoms with Crippen molar-refractivity contribution >= 4 is 23.4 Å². The van der Waals surface area contributed by atoms with Gasteiger partial charge in [0.15, 0.2) is 0 Å². The number of ether oxygens (including phenoxy) is 3. The molecule has 1 fully saturated rings. The molecule has 172 valence electrons. The Morgan fingerprint density at radius 3 is 2.50 bits per heavy atom. The van der Waals surface area contributed by atoms with Crippen LogP contribution in [-0.4, -0.2) is 52.6 Å². The van der Waals surface area contributed by atoms with Gasteiger partial charge in [-0.1, -0.05) is 30.3 Å². The summed E-state index contributed by atoms with van der Waals surface area (Å²) in [5.74, 6) is 0.361. The molecule has 3 aromatic rings. The number of benzene rings is 2. The van der Waals surface area contributed by atoms with Gasteiger partial charge in [-0.05, 0) is 23.8 Å². The Balaban J connectivity index is 0.00000289. The van der Waals surface area contributed by atoms with E-state index in [0.717, 1.165) is 5.56 Å². The highest BCUT2D eigenvalue weighted by Gasteiger charge is 2.44. The third kappa shape index (κ3) is 5.04. The lowest BCUT2D eigenvalue weighted by molar-refractivity contribution is -0.239. The van der Waals surface area contributed by atoms with Crippen molar-refractivity contribution in [3.05, 3.63) is 70.6 Å². The van der Waals surface area contributed by atoms with Gasteiger partial charge in [0.2, 0.25) is 12.0 Å². The number of aliphatic hydroxyl groups excluding tert-OH is 3. The van der Waals surface area contributed by atoms with E-state index in [4.69, 9.17) is 24.4 Å². The summed E-state index contributed by atoms with van der Waals surface area (Å²) in [5, 5.41) is 29.8. The number of rotatable bonds is 6. The predicted octanol–water partition coefficient (Wildman–Crippen LogP) is 0.939. The molecule has 10 heteroatoms. The van der Waals surface area contributed by atoms with E-state index < -0.39 is 42.9 Å². The largest absolute Gasteiger partial charge is 0.489 e. The van der Waals surface area contributed by atoms with Crippen molar-refractivity contribution in [2.75, 3.05) is 6.61 Å². The van der Waals surface area contributed by atoms with Crippen molar-refractivity contribution in [1.29, 1.82) is 0 Å². The zero-order chi connectivity index (χ0) is 22.0. The highest BCUT2D eigenvalue weighted by atomic mass is 35.5. The molecule has 1 aliphatic rings. The van der Waals surface area contributed by atoms with Crippen LogP contribution in [0, 0.1) is 0 Å². The number of halogens is 1. The summed E-state index contributed by atoms with van der Waals surface area (Å²) in [7, 11) is 0. The fourth-order valence-corrected chi connectivity index (χ4v) is 3.32. The Bertz CT molecular complexity index is 1090. The molecule has 2 heterocycles. The van der Waals surface area contributed by atoms with E-state index in [0.29, 0.717) is 23.3 Å². The van der Waals surface area contributed by atoms with E-state index in [1.165, 1.54) is 6.07 Å². The van der Waals surface area contributed by atoms with Gasteiger partial charge in [-0.2, -0.15) is 0 Å². The van der Waals surface area contributed by atoms with E-state index in [1.54, 1.807) is 18.2 Å². The highest BCUT2D eigenvalue weighted by Crippen LogP contribution is 2.26. The molecule has 0 saturated carbocycles. The maximum Gasteiger partial charge on any atom is 0.379 e. The number of fused-ring (bicyclic) bond motifs is 1. The van der Waals surface area contributed by atoms with Gasteiger partial charge in [0.05, 0.1) is 12.6 Å². The van der Waals surface area contributed by atoms with Crippen LogP contribution in [0.2, 0.25) is 0 Å². The Morgan fingerprint density at radius 2 is 1.78 bits per heavy atom. The SMILES string of the molecule is Cl.N[C@H]1C(Oc2cc3ccc(OCc4ccccc4)cc3oc2=O)O[C@H](CO)[C@@H](O)[C@@H]1O. The van der Waals surface area contributed by atoms with Gasteiger partial charge in [0, 0.05) is 11.5 Å². The molecule has 5 atom stereocenters. The number of nitrogens with two attached hydrogens (primary N) is 1. The number of hydrogen-bond donors (Lipinski definition) is 4. The van der Waals surface area contributed by atoms with Gasteiger partial charge in [-0.15, -0.1) is 12.4 Å². The monoisotopic (exact) mass is 465 g/mol. The maximum atomic E-state index is 12.4. The van der Waals surface area contributed by atoms with Gasteiger partial charge < -0.3 is 39.7 Å². The fourth-order valence-electron chi connectivity index (χ4n) is 3.32. The van der Waals surface area contributed by atoms with Gasteiger partial charge in [0.25, 0.3) is 0 Å². The van der Waals surface area contributed by atoms with Crippen molar-refractivity contribution in [3.63, 3.8) is 0 Å². The summed E-state index contributed by atoms with van der Waals surface area (Å²) < 4.78 is 22.0. The van der Waals surface area contributed by atoms with Crippen LogP contribution in [0.1, 0.15) is 5.56 Å². The minimum Gasteiger partial charge on any atom is -0.489 e. The molecule has 2 aromatic carbocycles. The van der Waals surface area contributed by atoms with E-state index in [9.17, 15) is 20.1 Å². The first kappa shape index (κ1) is 24.0. The van der Waals surface area contributed by atoms with Crippen LogP contribution in [0.3, 0.4) is 0 Å². The fraction of sp³-hybridized carbons (Fsp3) is 0.318. The number of hydrogen-bond acceptors (Lipinski definition) is 9. The molecule has 0 aliphatic carbocycles. The molecule has 1 aliphatic heterocycles. The molecular weight excluding hydrogens is 442 g/mol. The first-order valence-electron chi connectivity index (χ1n) is 9.75. The van der Waals surface area contributed by atoms with Gasteiger partial charge in [-0.25, -0.2) is 4.79 Å². The Morgan fingerprint density at radius 1 is 1.03 bits per heavy atom. The lowest BCUT2D eigenvalue weighted by Gasteiger charge is -2.40. The highest BCUT2D eigenvalue weighted by molar-refractivity contribution is 5.85. The molecule has 0 amide bonds. The van der Waals surface area contributed by atoms with E-state index in [1.807, 2.05) is 30.3 Å². The van der Waals surface area contributed by atoms with E-state index >= 15 is 0 Å². The Kier molecular flexibility index (Phi) is 7.73. The van der Waals surface area contributed by atoms with Crippen molar-refractivity contribution in [1.82, 2.24) is 0 Å². The first-order chi connectivity index (χ1) is 15.0. The van der Waals surface area contributed by atoms with Crippen LogP contribution in [0.25, 0.3) is 11.0 Å². The molecule has 0 bridgehead atoms. The van der Waals surface area contributed by atoms with Gasteiger partial charge >= 0.3 is 5.63 Å². The third-order valence-electron chi connectivity index (χ3n) is 5.10. The van der Waals surface area contributed by atoms with Crippen LogP contribution in [-0.2, 0) is 11.3 Å². The lowest BCUT2D eigenvalue weighted by atomic mass is 9.98. The zero-order valence-electron chi connectivity index (χ0n) is 16.9. The van der Waals surface area contributed by atoms with Gasteiger partial charge in [0.1, 0.15) is 36.3 Å². The summed E-state index contributed by atoms with van der Waals surface area (Å²) in [4.78, 5) is 12.4. The maximum absolute atomic E-state index is 12.4. The minimum absolute atomic E-state index is 0. The molecule has 9 nitrogen and oxygen atoms in total. The van der Waals surface area contributed by atoms with Crippen LogP contribution in [0.4, 0.5) is 0 Å². The summed E-state index contributed by atoms with van der Waals surface area (Å²) in [6.07, 6.45) is -5.13. The van der Waals surface area contributed by atoms with Crippen LogP contribution in [0.5, 0.6) is 11.5 Å². The Hall–Kier alpha value is -2.66. The van der Waals surface area contributed by atoms with Crippen molar-refractivity contribution in [3.8, 4) is 11.5 Å².